The lowest BCUT2D eigenvalue weighted by atomic mass is 10.1. The Bertz CT molecular complexity index is 845. The van der Waals surface area contributed by atoms with Gasteiger partial charge in [-0.2, -0.15) is 8.42 Å². The molecule has 4 atom stereocenters. The van der Waals surface area contributed by atoms with Crippen LogP contribution in [0.15, 0.2) is 20.8 Å². The van der Waals surface area contributed by atoms with E-state index in [1.165, 1.54) is 11.1 Å². The van der Waals surface area contributed by atoms with Crippen LogP contribution in [0.2, 0.25) is 0 Å². The zero-order valence-corrected chi connectivity index (χ0v) is 14.7. The summed E-state index contributed by atoms with van der Waals surface area (Å²) < 4.78 is 33.5. The number of aromatic nitrogens is 2. The van der Waals surface area contributed by atoms with E-state index in [0.29, 0.717) is 0 Å². The fraction of sp³-hybridized carbons (Fsp3) is 0.500. The van der Waals surface area contributed by atoms with E-state index < -0.39 is 52.5 Å². The van der Waals surface area contributed by atoms with Gasteiger partial charge in [0.2, 0.25) is 0 Å². The molecule has 0 spiro atoms. The summed E-state index contributed by atoms with van der Waals surface area (Å²) in [6.07, 6.45) is -2.19. The first-order valence-electron chi connectivity index (χ1n) is 6.63. The molecule has 1 aliphatic rings. The molecule has 2 rings (SSSR count). The van der Waals surface area contributed by atoms with Gasteiger partial charge >= 0.3 is 5.69 Å². The number of aliphatic hydroxyl groups excluding tert-OH is 2. The lowest BCUT2D eigenvalue weighted by Gasteiger charge is -2.19. The van der Waals surface area contributed by atoms with Gasteiger partial charge in [0.1, 0.15) is 18.3 Å². The van der Waals surface area contributed by atoms with Gasteiger partial charge in [-0.05, 0) is 11.1 Å². The molecule has 0 aromatic carbocycles. The molecule has 1 saturated heterocycles. The van der Waals surface area contributed by atoms with Crippen LogP contribution in [-0.4, -0.2) is 59.4 Å². The Hall–Kier alpha value is -1.31. The molecule has 0 amide bonds. The minimum Gasteiger partial charge on any atom is -0.394 e. The summed E-state index contributed by atoms with van der Waals surface area (Å²) in [4.78, 5) is 27.1. The van der Waals surface area contributed by atoms with Crippen molar-refractivity contribution in [3.63, 3.8) is 0 Å². The van der Waals surface area contributed by atoms with Crippen LogP contribution in [0.5, 0.6) is 0 Å². The fourth-order valence-electron chi connectivity index (χ4n) is 2.29. The van der Waals surface area contributed by atoms with E-state index in [9.17, 15) is 28.2 Å². The zero-order chi connectivity index (χ0) is 18.1. The molecule has 1 aromatic heterocycles. The topological polar surface area (TPSA) is 148 Å². The van der Waals surface area contributed by atoms with E-state index in [0.717, 1.165) is 17.0 Å². The van der Waals surface area contributed by atoms with Crippen LogP contribution in [-0.2, 0) is 19.0 Å². The minimum absolute atomic E-state index is 0.0929. The highest BCUT2D eigenvalue weighted by atomic mass is 79.9. The second kappa shape index (κ2) is 7.29. The molecule has 0 bridgehead atoms. The number of ether oxygens (including phenoxy) is 1. The molecule has 1 aliphatic heterocycles. The van der Waals surface area contributed by atoms with Crippen molar-refractivity contribution in [2.75, 3.05) is 12.9 Å². The molecule has 0 unspecified atom stereocenters. The number of nitrogens with one attached hydrogen (secondary N) is 1. The molecule has 134 valence electrons. The maximum atomic E-state index is 12.0. The van der Waals surface area contributed by atoms with Gasteiger partial charge in [0.05, 0.1) is 18.4 Å². The van der Waals surface area contributed by atoms with Gasteiger partial charge in [-0.3, -0.25) is 18.5 Å². The van der Waals surface area contributed by atoms with Crippen molar-refractivity contribution in [1.82, 2.24) is 9.55 Å². The number of hydrogen-bond donors (Lipinski definition) is 3. The Balaban J connectivity index is 2.44. The van der Waals surface area contributed by atoms with Crippen LogP contribution in [0.4, 0.5) is 0 Å². The third-order valence-electron chi connectivity index (χ3n) is 3.29. The normalized spacial score (nSPS) is 27.8. The monoisotopic (exact) mass is 426 g/mol. The van der Waals surface area contributed by atoms with Crippen LogP contribution in [0.25, 0.3) is 6.08 Å². The molecule has 2 heterocycles. The third-order valence-corrected chi connectivity index (χ3v) is 4.12. The van der Waals surface area contributed by atoms with Gasteiger partial charge < -0.3 is 14.9 Å². The Morgan fingerprint density at radius 1 is 1.50 bits per heavy atom. The molecule has 24 heavy (non-hydrogen) atoms. The fourth-order valence-corrected chi connectivity index (χ4v) is 3.22. The molecule has 0 saturated carbocycles. The highest BCUT2D eigenvalue weighted by Gasteiger charge is 2.47. The van der Waals surface area contributed by atoms with Gasteiger partial charge in [0.15, 0.2) is 6.23 Å². The van der Waals surface area contributed by atoms with Crippen LogP contribution in [0.1, 0.15) is 11.8 Å². The number of halogens is 1. The third kappa shape index (κ3) is 4.02. The van der Waals surface area contributed by atoms with E-state index in [1.54, 1.807) is 0 Å². The highest BCUT2D eigenvalue weighted by molar-refractivity contribution is 9.11. The Morgan fingerprint density at radius 3 is 2.71 bits per heavy atom. The largest absolute Gasteiger partial charge is 0.394 e. The molecule has 0 radical (unpaired) electrons. The lowest BCUT2D eigenvalue weighted by molar-refractivity contribution is -0.0543. The first-order valence-corrected chi connectivity index (χ1v) is 9.36. The average Bonchev–Trinajstić information content (AvgIpc) is 2.77. The summed E-state index contributed by atoms with van der Waals surface area (Å²) in [5.74, 6) is 0. The first kappa shape index (κ1) is 19.0. The summed E-state index contributed by atoms with van der Waals surface area (Å²) in [5, 5.41) is 19.6. The van der Waals surface area contributed by atoms with Crippen molar-refractivity contribution in [3.05, 3.63) is 37.6 Å². The van der Waals surface area contributed by atoms with Crippen molar-refractivity contribution in [2.45, 2.75) is 24.5 Å². The standard InChI is InChI=1S/C12H15BrN2O8S/c1-24(20,21)23-9-7(5-16)22-11(8(9)17)15-4-6(2-3-13)10(18)14-12(15)19/h2-4,7-9,11,16-17H,5H2,1H3,(H,14,18,19)/t7-,8-,9+,11-/m1/s1. The summed E-state index contributed by atoms with van der Waals surface area (Å²) in [6.45, 7) is -0.639. The Kier molecular flexibility index (Phi) is 5.78. The summed E-state index contributed by atoms with van der Waals surface area (Å²) in [7, 11) is -3.94. The second-order valence-electron chi connectivity index (χ2n) is 5.05. The quantitative estimate of drug-likeness (QED) is 0.481. The van der Waals surface area contributed by atoms with Gasteiger partial charge in [0, 0.05) is 6.20 Å². The number of nitrogens with zero attached hydrogens (tertiary/aromatic N) is 1. The Labute approximate surface area is 144 Å². The van der Waals surface area contributed by atoms with Gasteiger partial charge in [-0.25, -0.2) is 4.79 Å². The number of aliphatic hydroxyl groups is 2. The number of hydrogen-bond acceptors (Lipinski definition) is 8. The van der Waals surface area contributed by atoms with Crippen LogP contribution in [0.3, 0.4) is 0 Å². The molecular formula is C12H15BrN2O8S. The van der Waals surface area contributed by atoms with Crippen molar-refractivity contribution in [3.8, 4) is 0 Å². The number of aromatic amines is 1. The second-order valence-corrected chi connectivity index (χ2v) is 7.18. The molecular weight excluding hydrogens is 412 g/mol. The predicted molar refractivity (Wildman–Crippen MR) is 86.0 cm³/mol. The highest BCUT2D eigenvalue weighted by Crippen LogP contribution is 2.31. The van der Waals surface area contributed by atoms with Crippen LogP contribution < -0.4 is 11.2 Å². The first-order chi connectivity index (χ1) is 11.2. The summed E-state index contributed by atoms with van der Waals surface area (Å²) >= 11 is 3.00. The molecule has 3 N–H and O–H groups in total. The zero-order valence-electron chi connectivity index (χ0n) is 12.3. The van der Waals surface area contributed by atoms with E-state index >= 15 is 0 Å². The average molecular weight is 427 g/mol. The van der Waals surface area contributed by atoms with Crippen molar-refractivity contribution in [1.29, 1.82) is 0 Å². The van der Waals surface area contributed by atoms with E-state index in [2.05, 4.69) is 20.9 Å². The molecule has 12 heteroatoms. The molecule has 1 aromatic rings. The molecule has 0 aliphatic carbocycles. The predicted octanol–water partition coefficient (Wildman–Crippen LogP) is -1.50. The van der Waals surface area contributed by atoms with Gasteiger partial charge in [0.25, 0.3) is 15.7 Å². The Morgan fingerprint density at radius 2 is 2.17 bits per heavy atom. The van der Waals surface area contributed by atoms with E-state index in [1.807, 2.05) is 0 Å². The van der Waals surface area contributed by atoms with E-state index in [-0.39, 0.29) is 5.56 Å². The van der Waals surface area contributed by atoms with Crippen molar-refractivity contribution >= 4 is 32.1 Å². The minimum atomic E-state index is -3.94. The van der Waals surface area contributed by atoms with Crippen molar-refractivity contribution in [2.24, 2.45) is 0 Å². The van der Waals surface area contributed by atoms with Gasteiger partial charge in [-0.15, -0.1) is 0 Å². The maximum Gasteiger partial charge on any atom is 0.330 e. The molecule has 10 nitrogen and oxygen atoms in total. The summed E-state index contributed by atoms with van der Waals surface area (Å²) in [5.41, 5.74) is -1.43. The number of H-pyrrole nitrogens is 1. The lowest BCUT2D eigenvalue weighted by Crippen LogP contribution is -2.40. The maximum absolute atomic E-state index is 12.0. The van der Waals surface area contributed by atoms with Crippen LogP contribution in [0, 0.1) is 0 Å². The van der Waals surface area contributed by atoms with Crippen molar-refractivity contribution < 1.29 is 27.6 Å². The van der Waals surface area contributed by atoms with Crippen LogP contribution >= 0.6 is 15.9 Å². The van der Waals surface area contributed by atoms with E-state index in [4.69, 9.17) is 8.92 Å². The molecule has 1 fully saturated rings. The SMILES string of the molecule is CS(=O)(=O)O[C@@H]1[C@@H](O)[C@H](n2cc(C=CBr)c(=O)[nH]c2=O)O[C@@H]1CO. The smallest absolute Gasteiger partial charge is 0.330 e. The number of rotatable bonds is 5. The van der Waals surface area contributed by atoms with Gasteiger partial charge in [-0.1, -0.05) is 15.9 Å². The summed E-state index contributed by atoms with van der Waals surface area (Å²) in [6, 6.07) is 0.